The number of aliphatic hydroxyl groups is 1. The van der Waals surface area contributed by atoms with Crippen LogP contribution < -0.4 is 0 Å². The molecule has 3 aromatic rings. The highest BCUT2D eigenvalue weighted by Crippen LogP contribution is 2.28. The molecule has 1 N–H and O–H groups in total. The molecule has 0 unspecified atom stereocenters. The molecule has 1 amide bonds. The zero-order valence-electron chi connectivity index (χ0n) is 18.4. The van der Waals surface area contributed by atoms with Gasteiger partial charge in [-0.2, -0.15) is 0 Å². The summed E-state index contributed by atoms with van der Waals surface area (Å²) in [5.41, 5.74) is 4.08. The highest BCUT2D eigenvalue weighted by Gasteiger charge is 2.34. The molecule has 6 heteroatoms. The Morgan fingerprint density at radius 2 is 1.69 bits per heavy atom. The molecule has 32 heavy (non-hydrogen) atoms. The Labute approximate surface area is 188 Å². The van der Waals surface area contributed by atoms with E-state index < -0.39 is 6.61 Å². The number of hydrogen-bond acceptors (Lipinski definition) is 5. The molecule has 0 bridgehead atoms. The van der Waals surface area contributed by atoms with E-state index in [1.165, 1.54) is 0 Å². The van der Waals surface area contributed by atoms with Crippen molar-refractivity contribution < 1.29 is 19.1 Å². The number of aliphatic hydroxyl groups excluding tert-OH is 1. The van der Waals surface area contributed by atoms with Crippen molar-refractivity contribution in [2.24, 2.45) is 0 Å². The Kier molecular flexibility index (Phi) is 6.53. The van der Waals surface area contributed by atoms with Crippen molar-refractivity contribution in [3.63, 3.8) is 0 Å². The summed E-state index contributed by atoms with van der Waals surface area (Å²) >= 11 is 0. The highest BCUT2D eigenvalue weighted by molar-refractivity contribution is 6.01. The van der Waals surface area contributed by atoms with Gasteiger partial charge in [-0.3, -0.25) is 14.5 Å². The van der Waals surface area contributed by atoms with Crippen LogP contribution in [0.25, 0.3) is 11.1 Å². The van der Waals surface area contributed by atoms with Gasteiger partial charge in [-0.25, -0.2) is 0 Å². The van der Waals surface area contributed by atoms with Crippen LogP contribution >= 0.6 is 0 Å². The fraction of sp³-hybridized carbons (Fsp3) is 0.308. The lowest BCUT2D eigenvalue weighted by Crippen LogP contribution is -2.58. The number of carbonyl (C=O) groups excluding carboxylic acids is 2. The van der Waals surface area contributed by atoms with Crippen molar-refractivity contribution in [2.45, 2.75) is 32.5 Å². The van der Waals surface area contributed by atoms with Gasteiger partial charge < -0.3 is 14.4 Å². The van der Waals surface area contributed by atoms with Gasteiger partial charge in [-0.05, 0) is 37.1 Å². The van der Waals surface area contributed by atoms with Crippen LogP contribution in [0.3, 0.4) is 0 Å². The van der Waals surface area contributed by atoms with Crippen LogP contribution in [0.4, 0.5) is 0 Å². The van der Waals surface area contributed by atoms with Gasteiger partial charge >= 0.3 is 0 Å². The van der Waals surface area contributed by atoms with Crippen LogP contribution in [0, 0.1) is 0 Å². The second-order valence-electron chi connectivity index (χ2n) is 8.44. The number of piperazine rings is 1. The highest BCUT2D eigenvalue weighted by atomic mass is 16.3. The van der Waals surface area contributed by atoms with Gasteiger partial charge in [0, 0.05) is 48.4 Å². The van der Waals surface area contributed by atoms with Crippen LogP contribution in [0.15, 0.2) is 71.5 Å². The Balaban J connectivity index is 1.47. The van der Waals surface area contributed by atoms with Crippen LogP contribution in [0.1, 0.15) is 40.1 Å². The largest absolute Gasteiger partial charge is 0.472 e. The lowest BCUT2D eigenvalue weighted by molar-refractivity contribution is 0.0269. The molecule has 4 rings (SSSR count). The molecule has 1 fully saturated rings. The van der Waals surface area contributed by atoms with E-state index in [0.717, 1.165) is 36.3 Å². The first-order chi connectivity index (χ1) is 15.5. The number of nitrogens with zero attached hydrogens (tertiary/aromatic N) is 2. The van der Waals surface area contributed by atoms with Gasteiger partial charge in [-0.15, -0.1) is 0 Å². The molecule has 0 aliphatic carbocycles. The van der Waals surface area contributed by atoms with Crippen molar-refractivity contribution in [3.8, 4) is 11.1 Å². The SMILES string of the molecule is C[C@@H]1CN(Cc2ccc(C(=O)CO)cc2)C[C@H](C)N1C(=O)c1ccccc1-c1ccoc1. The van der Waals surface area contributed by atoms with Crippen LogP contribution in [-0.4, -0.2) is 58.4 Å². The van der Waals surface area contributed by atoms with E-state index in [9.17, 15) is 9.59 Å². The number of hydrogen-bond donors (Lipinski definition) is 1. The minimum atomic E-state index is -0.478. The van der Waals surface area contributed by atoms with Crippen molar-refractivity contribution in [1.82, 2.24) is 9.80 Å². The van der Waals surface area contributed by atoms with Crippen molar-refractivity contribution in [1.29, 1.82) is 0 Å². The summed E-state index contributed by atoms with van der Waals surface area (Å²) in [7, 11) is 0. The monoisotopic (exact) mass is 432 g/mol. The minimum Gasteiger partial charge on any atom is -0.472 e. The fourth-order valence-corrected chi connectivity index (χ4v) is 4.59. The topological polar surface area (TPSA) is 74.0 Å². The summed E-state index contributed by atoms with van der Waals surface area (Å²) in [6.07, 6.45) is 3.28. The van der Waals surface area contributed by atoms with Gasteiger partial charge in [0.1, 0.15) is 6.61 Å². The summed E-state index contributed by atoms with van der Waals surface area (Å²) in [6.45, 7) is 5.97. The van der Waals surface area contributed by atoms with E-state index in [-0.39, 0.29) is 23.8 Å². The van der Waals surface area contributed by atoms with Gasteiger partial charge in [-0.1, -0.05) is 42.5 Å². The number of rotatable bonds is 6. The first-order valence-electron chi connectivity index (χ1n) is 10.9. The first kappa shape index (κ1) is 22.0. The van der Waals surface area contributed by atoms with Crippen molar-refractivity contribution in [3.05, 3.63) is 83.8 Å². The second-order valence-corrected chi connectivity index (χ2v) is 8.44. The van der Waals surface area contributed by atoms with Crippen molar-refractivity contribution in [2.75, 3.05) is 19.7 Å². The molecule has 166 valence electrons. The molecular formula is C26H28N2O4. The molecule has 2 aromatic carbocycles. The third-order valence-electron chi connectivity index (χ3n) is 6.04. The summed E-state index contributed by atoms with van der Waals surface area (Å²) in [5.74, 6) is -0.241. The molecule has 6 nitrogen and oxygen atoms in total. The average Bonchev–Trinajstić information content (AvgIpc) is 3.33. The molecule has 1 aliphatic rings. The second kappa shape index (κ2) is 9.51. The zero-order chi connectivity index (χ0) is 22.7. The molecule has 1 saturated heterocycles. The number of benzene rings is 2. The average molecular weight is 433 g/mol. The minimum absolute atomic E-state index is 0.0355. The number of Topliss-reactive ketones (excluding diaryl/α,β-unsaturated/α-hetero) is 1. The predicted molar refractivity (Wildman–Crippen MR) is 122 cm³/mol. The van der Waals surface area contributed by atoms with E-state index in [1.54, 1.807) is 24.7 Å². The summed E-state index contributed by atoms with van der Waals surface area (Å²) < 4.78 is 5.23. The summed E-state index contributed by atoms with van der Waals surface area (Å²) in [5, 5.41) is 9.01. The van der Waals surface area contributed by atoms with Crippen LogP contribution in [0.2, 0.25) is 0 Å². The van der Waals surface area contributed by atoms with E-state index in [0.29, 0.717) is 11.1 Å². The maximum atomic E-state index is 13.6. The Morgan fingerprint density at radius 3 is 2.31 bits per heavy atom. The maximum absolute atomic E-state index is 13.6. The molecule has 2 atom stereocenters. The molecular weight excluding hydrogens is 404 g/mol. The van der Waals surface area contributed by atoms with E-state index in [1.807, 2.05) is 47.4 Å². The number of furan rings is 1. The first-order valence-corrected chi connectivity index (χ1v) is 10.9. The zero-order valence-corrected chi connectivity index (χ0v) is 18.4. The van der Waals surface area contributed by atoms with Gasteiger partial charge in [0.2, 0.25) is 0 Å². The Morgan fingerprint density at radius 1 is 1.00 bits per heavy atom. The normalized spacial score (nSPS) is 19.2. The quantitative estimate of drug-likeness (QED) is 0.599. The molecule has 0 radical (unpaired) electrons. The Hall–Kier alpha value is -3.22. The molecule has 2 heterocycles. The van der Waals surface area contributed by atoms with Gasteiger partial charge in [0.25, 0.3) is 5.91 Å². The fourth-order valence-electron chi connectivity index (χ4n) is 4.59. The third kappa shape index (κ3) is 4.52. The predicted octanol–water partition coefficient (Wildman–Crippen LogP) is 3.86. The number of ketones is 1. The van der Waals surface area contributed by atoms with E-state index in [2.05, 4.69) is 18.7 Å². The lowest BCUT2D eigenvalue weighted by Gasteiger charge is -2.44. The lowest BCUT2D eigenvalue weighted by atomic mass is 9.98. The van der Waals surface area contributed by atoms with E-state index >= 15 is 0 Å². The molecule has 1 aromatic heterocycles. The van der Waals surface area contributed by atoms with E-state index in [4.69, 9.17) is 9.52 Å². The molecule has 0 spiro atoms. The number of carbonyl (C=O) groups is 2. The smallest absolute Gasteiger partial charge is 0.255 e. The standard InChI is InChI=1S/C26H28N2O4/c1-18-13-27(15-20-7-9-21(10-8-20)25(30)16-29)14-19(2)28(18)26(31)24-6-4-3-5-23(24)22-11-12-32-17-22/h3-12,17-19,29H,13-16H2,1-2H3/t18-,19+. The van der Waals surface area contributed by atoms with Gasteiger partial charge in [0.05, 0.1) is 12.5 Å². The van der Waals surface area contributed by atoms with Crippen LogP contribution in [0.5, 0.6) is 0 Å². The summed E-state index contributed by atoms with van der Waals surface area (Å²) in [6, 6.07) is 17.0. The van der Waals surface area contributed by atoms with Gasteiger partial charge in [0.15, 0.2) is 5.78 Å². The molecule has 0 saturated carbocycles. The third-order valence-corrected chi connectivity index (χ3v) is 6.04. The van der Waals surface area contributed by atoms with Crippen LogP contribution in [-0.2, 0) is 6.54 Å². The van der Waals surface area contributed by atoms with Crippen molar-refractivity contribution >= 4 is 11.7 Å². The Bertz CT molecular complexity index is 1060. The number of amides is 1. The molecule has 1 aliphatic heterocycles. The summed E-state index contributed by atoms with van der Waals surface area (Å²) in [4.78, 5) is 29.5. The maximum Gasteiger partial charge on any atom is 0.255 e.